The highest BCUT2D eigenvalue weighted by Gasteiger charge is 2.35. The molecule has 1 aromatic carbocycles. The molecule has 124 valence electrons. The van der Waals surface area contributed by atoms with Crippen LogP contribution in [0.5, 0.6) is 0 Å². The van der Waals surface area contributed by atoms with Crippen LogP contribution in [-0.2, 0) is 14.3 Å². The predicted molar refractivity (Wildman–Crippen MR) is 85.2 cm³/mol. The van der Waals surface area contributed by atoms with Crippen LogP contribution in [-0.4, -0.2) is 44.2 Å². The number of carbonyl (C=O) groups excluding carboxylic acids is 2. The summed E-state index contributed by atoms with van der Waals surface area (Å²) in [7, 11) is 0. The number of nitrogens with one attached hydrogen (secondary N) is 1. The zero-order chi connectivity index (χ0) is 16.1. The lowest BCUT2D eigenvalue weighted by atomic mass is 9.79. The molecule has 5 heteroatoms. The molecule has 2 fully saturated rings. The Hall–Kier alpha value is -1.72. The van der Waals surface area contributed by atoms with Crippen molar-refractivity contribution in [2.75, 3.05) is 26.4 Å². The monoisotopic (exact) mass is 317 g/mol. The van der Waals surface area contributed by atoms with Crippen molar-refractivity contribution in [1.82, 2.24) is 5.32 Å². The molecule has 2 aliphatic heterocycles. The van der Waals surface area contributed by atoms with Gasteiger partial charge in [-0.15, -0.1) is 0 Å². The minimum Gasteiger partial charge on any atom is -0.381 e. The van der Waals surface area contributed by atoms with Gasteiger partial charge in [0.05, 0.1) is 6.61 Å². The lowest BCUT2D eigenvalue weighted by molar-refractivity contribution is -0.119. The number of Topliss-reactive ketones (excluding diaryl/α,β-unsaturated/α-hetero) is 1. The quantitative estimate of drug-likeness (QED) is 0.679. The lowest BCUT2D eigenvalue weighted by Crippen LogP contribution is -2.50. The topological polar surface area (TPSA) is 64.6 Å². The second kappa shape index (κ2) is 7.70. The van der Waals surface area contributed by atoms with Crippen LogP contribution in [0.2, 0.25) is 0 Å². The molecule has 2 saturated heterocycles. The summed E-state index contributed by atoms with van der Waals surface area (Å²) >= 11 is 0. The number of benzene rings is 1. The van der Waals surface area contributed by atoms with E-state index in [0.717, 1.165) is 32.5 Å². The first-order valence-corrected chi connectivity index (χ1v) is 8.31. The van der Waals surface area contributed by atoms with Crippen LogP contribution >= 0.6 is 0 Å². The second-order valence-electron chi connectivity index (χ2n) is 6.25. The average molecular weight is 317 g/mol. The Morgan fingerprint density at radius 3 is 2.39 bits per heavy atom. The number of amides is 1. The highest BCUT2D eigenvalue weighted by molar-refractivity contribution is 6.42. The molecule has 1 amide bonds. The first-order valence-electron chi connectivity index (χ1n) is 8.31. The van der Waals surface area contributed by atoms with Crippen LogP contribution in [0.25, 0.3) is 0 Å². The molecule has 1 aromatic rings. The fraction of sp³-hybridized carbons (Fsp3) is 0.556. The summed E-state index contributed by atoms with van der Waals surface area (Å²) in [4.78, 5) is 24.6. The molecule has 0 unspecified atom stereocenters. The van der Waals surface area contributed by atoms with Crippen LogP contribution in [0, 0.1) is 11.8 Å². The molecular formula is C18H23NO4. The number of carbonyl (C=O) groups is 2. The smallest absolute Gasteiger partial charge is 0.292 e. The van der Waals surface area contributed by atoms with Crippen molar-refractivity contribution < 1.29 is 19.1 Å². The Labute approximate surface area is 136 Å². The zero-order valence-electron chi connectivity index (χ0n) is 13.2. The molecule has 3 rings (SSSR count). The van der Waals surface area contributed by atoms with Crippen molar-refractivity contribution in [1.29, 1.82) is 0 Å². The standard InChI is InChI=1S/C18H23NO4/c20-17(14-4-2-1-3-5-14)18(21)19-16-8-11-23-12-15(16)13-6-9-22-10-7-13/h1-5,13,15-16H,6-12H2,(H,19,21)/t15-,16-/m0/s1. The minimum absolute atomic E-state index is 0.00649. The number of ether oxygens (including phenoxy) is 2. The molecule has 2 aliphatic rings. The maximum absolute atomic E-state index is 12.3. The Morgan fingerprint density at radius 1 is 0.957 bits per heavy atom. The first-order chi connectivity index (χ1) is 11.3. The molecule has 2 heterocycles. The van der Waals surface area contributed by atoms with E-state index in [-0.39, 0.29) is 12.0 Å². The molecule has 23 heavy (non-hydrogen) atoms. The van der Waals surface area contributed by atoms with Gasteiger partial charge in [-0.1, -0.05) is 30.3 Å². The van der Waals surface area contributed by atoms with Gasteiger partial charge in [-0.25, -0.2) is 0 Å². The Morgan fingerprint density at radius 2 is 1.65 bits per heavy atom. The number of hydrogen-bond acceptors (Lipinski definition) is 4. The van der Waals surface area contributed by atoms with Crippen molar-refractivity contribution in [3.05, 3.63) is 35.9 Å². The predicted octanol–water partition coefficient (Wildman–Crippen LogP) is 1.82. The third-order valence-electron chi connectivity index (χ3n) is 4.83. The molecule has 2 atom stereocenters. The maximum Gasteiger partial charge on any atom is 0.292 e. The molecule has 1 N–H and O–H groups in total. The Balaban J connectivity index is 1.64. The molecule has 0 spiro atoms. The van der Waals surface area contributed by atoms with Gasteiger partial charge >= 0.3 is 0 Å². The third-order valence-corrected chi connectivity index (χ3v) is 4.83. The fourth-order valence-electron chi connectivity index (χ4n) is 3.50. The lowest BCUT2D eigenvalue weighted by Gasteiger charge is -2.38. The second-order valence-corrected chi connectivity index (χ2v) is 6.25. The van der Waals surface area contributed by atoms with E-state index < -0.39 is 11.7 Å². The first kappa shape index (κ1) is 16.1. The van der Waals surface area contributed by atoms with Gasteiger partial charge in [0.2, 0.25) is 5.78 Å². The van der Waals surface area contributed by atoms with Crippen molar-refractivity contribution >= 4 is 11.7 Å². The van der Waals surface area contributed by atoms with Gasteiger partial charge < -0.3 is 14.8 Å². The summed E-state index contributed by atoms with van der Waals surface area (Å²) in [6.07, 6.45) is 2.75. The maximum atomic E-state index is 12.3. The van der Waals surface area contributed by atoms with Crippen molar-refractivity contribution in [3.63, 3.8) is 0 Å². The van der Waals surface area contributed by atoms with Gasteiger partial charge in [0.25, 0.3) is 5.91 Å². The van der Waals surface area contributed by atoms with Crippen LogP contribution in [0.15, 0.2) is 30.3 Å². The van der Waals surface area contributed by atoms with E-state index in [1.54, 1.807) is 24.3 Å². The Bertz CT molecular complexity index is 539. The SMILES string of the molecule is O=C(N[C@H]1CCOC[C@H]1C1CCOCC1)C(=O)c1ccccc1. The van der Waals surface area contributed by atoms with Gasteiger partial charge in [0.15, 0.2) is 0 Å². The normalized spacial score (nSPS) is 25.7. The summed E-state index contributed by atoms with van der Waals surface area (Å²) in [6, 6.07) is 8.70. The summed E-state index contributed by atoms with van der Waals surface area (Å²) in [6.45, 7) is 2.81. The highest BCUT2D eigenvalue weighted by atomic mass is 16.5. The van der Waals surface area contributed by atoms with Crippen molar-refractivity contribution in [2.45, 2.75) is 25.3 Å². The van der Waals surface area contributed by atoms with E-state index in [1.165, 1.54) is 0 Å². The summed E-state index contributed by atoms with van der Waals surface area (Å²) < 4.78 is 11.0. The minimum atomic E-state index is -0.514. The fourth-order valence-corrected chi connectivity index (χ4v) is 3.50. The molecular weight excluding hydrogens is 294 g/mol. The zero-order valence-corrected chi connectivity index (χ0v) is 13.2. The van der Waals surface area contributed by atoms with E-state index in [0.29, 0.717) is 24.7 Å². The van der Waals surface area contributed by atoms with E-state index in [9.17, 15) is 9.59 Å². The van der Waals surface area contributed by atoms with E-state index in [1.807, 2.05) is 6.07 Å². The molecule has 0 bridgehead atoms. The molecule has 0 aliphatic carbocycles. The van der Waals surface area contributed by atoms with E-state index in [2.05, 4.69) is 5.32 Å². The average Bonchev–Trinajstić information content (AvgIpc) is 2.63. The van der Waals surface area contributed by atoms with Gasteiger partial charge in [0.1, 0.15) is 0 Å². The van der Waals surface area contributed by atoms with Gasteiger partial charge in [-0.05, 0) is 25.2 Å². The van der Waals surface area contributed by atoms with Gasteiger partial charge in [0, 0.05) is 37.3 Å². The number of hydrogen-bond donors (Lipinski definition) is 1. The molecule has 0 aromatic heterocycles. The van der Waals surface area contributed by atoms with Gasteiger partial charge in [-0.2, -0.15) is 0 Å². The Kier molecular flexibility index (Phi) is 5.41. The number of ketones is 1. The third kappa shape index (κ3) is 3.98. The largest absolute Gasteiger partial charge is 0.381 e. The summed E-state index contributed by atoms with van der Waals surface area (Å²) in [5.41, 5.74) is 0.430. The van der Waals surface area contributed by atoms with Crippen LogP contribution in [0.3, 0.4) is 0 Å². The summed E-state index contributed by atoms with van der Waals surface area (Å²) in [5, 5.41) is 2.96. The molecule has 0 radical (unpaired) electrons. The highest BCUT2D eigenvalue weighted by Crippen LogP contribution is 2.30. The molecule has 5 nitrogen and oxygen atoms in total. The van der Waals surface area contributed by atoms with E-state index >= 15 is 0 Å². The van der Waals surface area contributed by atoms with Crippen LogP contribution < -0.4 is 5.32 Å². The van der Waals surface area contributed by atoms with Crippen molar-refractivity contribution in [3.8, 4) is 0 Å². The van der Waals surface area contributed by atoms with Gasteiger partial charge in [-0.3, -0.25) is 9.59 Å². The van der Waals surface area contributed by atoms with Crippen LogP contribution in [0.1, 0.15) is 29.6 Å². The van der Waals surface area contributed by atoms with E-state index in [4.69, 9.17) is 9.47 Å². The molecule has 0 saturated carbocycles. The van der Waals surface area contributed by atoms with Crippen molar-refractivity contribution in [2.24, 2.45) is 11.8 Å². The summed E-state index contributed by atoms with van der Waals surface area (Å²) in [5.74, 6) is -0.232. The number of rotatable bonds is 4. The van der Waals surface area contributed by atoms with Crippen LogP contribution in [0.4, 0.5) is 0 Å².